The van der Waals surface area contributed by atoms with Gasteiger partial charge in [-0.1, -0.05) is 0 Å². The Morgan fingerprint density at radius 1 is 1.22 bits per heavy atom. The number of nitrogens with zero attached hydrogens (tertiary/aromatic N) is 2. The van der Waals surface area contributed by atoms with E-state index in [-0.39, 0.29) is 18.3 Å². The Balaban J connectivity index is 1.78. The van der Waals surface area contributed by atoms with E-state index >= 15 is 0 Å². The zero-order chi connectivity index (χ0) is 13.0. The van der Waals surface area contributed by atoms with Crippen molar-refractivity contribution in [2.45, 2.75) is 64.2 Å². The van der Waals surface area contributed by atoms with Crippen molar-refractivity contribution >= 4 is 12.7 Å². The molecule has 3 rings (SSSR count). The van der Waals surface area contributed by atoms with Gasteiger partial charge in [-0.05, 0) is 47.0 Å². The zero-order valence-corrected chi connectivity index (χ0v) is 11.6. The van der Waals surface area contributed by atoms with E-state index in [0.717, 1.165) is 5.59 Å². The van der Waals surface area contributed by atoms with E-state index in [1.807, 2.05) is 6.33 Å². The van der Waals surface area contributed by atoms with Crippen LogP contribution in [0.4, 0.5) is 0 Å². The van der Waals surface area contributed by atoms with E-state index in [0.29, 0.717) is 6.04 Å². The predicted octanol–water partition coefficient (Wildman–Crippen LogP) is 1.91. The molecule has 0 atom stereocenters. The molecule has 2 aliphatic rings. The summed E-state index contributed by atoms with van der Waals surface area (Å²) in [5, 5.41) is 0. The molecule has 5 heteroatoms. The Morgan fingerprint density at radius 2 is 1.83 bits per heavy atom. The first-order chi connectivity index (χ1) is 8.39. The molecule has 1 saturated heterocycles. The van der Waals surface area contributed by atoms with Crippen molar-refractivity contribution in [1.82, 2.24) is 9.55 Å². The summed E-state index contributed by atoms with van der Waals surface area (Å²) in [5.41, 5.74) is 0.302. The molecule has 0 amide bonds. The highest BCUT2D eigenvalue weighted by Crippen LogP contribution is 2.36. The maximum Gasteiger partial charge on any atom is 0.516 e. The first kappa shape index (κ1) is 12.2. The standard InChI is InChI=1S/C13H21BN2O2/c1-12(2)13(3,4)18-14(17-12)11-8-16(9-15-11)10-6-5-7-10/h8-10H,5-7H2,1-4H3. The Labute approximate surface area is 109 Å². The summed E-state index contributed by atoms with van der Waals surface area (Å²) < 4.78 is 14.2. The molecular weight excluding hydrogens is 227 g/mol. The Bertz CT molecular complexity index is 436. The molecule has 1 saturated carbocycles. The third-order valence-electron chi connectivity index (χ3n) is 4.61. The highest BCUT2D eigenvalue weighted by molar-refractivity contribution is 6.61. The van der Waals surface area contributed by atoms with E-state index in [1.165, 1.54) is 19.3 Å². The predicted molar refractivity (Wildman–Crippen MR) is 70.8 cm³/mol. The Morgan fingerprint density at radius 3 is 2.33 bits per heavy atom. The summed E-state index contributed by atoms with van der Waals surface area (Å²) in [6, 6.07) is 0.633. The van der Waals surface area contributed by atoms with E-state index in [4.69, 9.17) is 9.31 Å². The molecule has 0 N–H and O–H groups in total. The molecule has 1 aromatic heterocycles. The molecule has 2 heterocycles. The number of hydrogen-bond donors (Lipinski definition) is 0. The maximum atomic E-state index is 6.00. The SMILES string of the molecule is CC1(C)OB(c2cn(C3CCC3)cn2)OC1(C)C. The van der Waals surface area contributed by atoms with Gasteiger partial charge in [0.1, 0.15) is 0 Å². The molecule has 0 aromatic carbocycles. The van der Waals surface area contributed by atoms with E-state index in [1.54, 1.807) is 0 Å². The van der Waals surface area contributed by atoms with Gasteiger partial charge >= 0.3 is 7.12 Å². The molecular formula is C13H21BN2O2. The Hall–Kier alpha value is -0.805. The van der Waals surface area contributed by atoms with Gasteiger partial charge in [0.2, 0.25) is 0 Å². The van der Waals surface area contributed by atoms with Crippen LogP contribution in [0.15, 0.2) is 12.5 Å². The summed E-state index contributed by atoms with van der Waals surface area (Å²) in [5.74, 6) is 0. The van der Waals surface area contributed by atoms with Gasteiger partial charge in [-0.3, -0.25) is 0 Å². The third kappa shape index (κ3) is 1.80. The molecule has 0 radical (unpaired) electrons. The van der Waals surface area contributed by atoms with Crippen molar-refractivity contribution in [3.8, 4) is 0 Å². The lowest BCUT2D eigenvalue weighted by atomic mass is 9.85. The van der Waals surface area contributed by atoms with Crippen LogP contribution in [0.3, 0.4) is 0 Å². The minimum atomic E-state index is -0.337. The summed E-state index contributed by atoms with van der Waals surface area (Å²) >= 11 is 0. The molecule has 2 fully saturated rings. The second-order valence-corrected chi connectivity index (χ2v) is 6.42. The van der Waals surface area contributed by atoms with Gasteiger partial charge < -0.3 is 13.9 Å². The quantitative estimate of drug-likeness (QED) is 0.750. The molecule has 1 aliphatic carbocycles. The molecule has 0 unspecified atom stereocenters. The monoisotopic (exact) mass is 248 g/mol. The van der Waals surface area contributed by atoms with Crippen molar-refractivity contribution < 1.29 is 9.31 Å². The molecule has 1 aliphatic heterocycles. The third-order valence-corrected chi connectivity index (χ3v) is 4.61. The fraction of sp³-hybridized carbons (Fsp3) is 0.769. The largest absolute Gasteiger partial charge is 0.516 e. The number of rotatable bonds is 2. The average molecular weight is 248 g/mol. The molecule has 18 heavy (non-hydrogen) atoms. The van der Waals surface area contributed by atoms with Crippen LogP contribution in [-0.4, -0.2) is 27.9 Å². The van der Waals surface area contributed by atoms with Gasteiger partial charge in [0.15, 0.2) is 0 Å². The lowest BCUT2D eigenvalue weighted by Crippen LogP contribution is -2.41. The first-order valence-electron chi connectivity index (χ1n) is 6.78. The fourth-order valence-electron chi connectivity index (χ4n) is 2.32. The molecule has 0 bridgehead atoms. The lowest BCUT2D eigenvalue weighted by Gasteiger charge is -2.32. The number of aromatic nitrogens is 2. The van der Waals surface area contributed by atoms with Crippen LogP contribution in [0, 0.1) is 0 Å². The lowest BCUT2D eigenvalue weighted by molar-refractivity contribution is 0.00578. The highest BCUT2D eigenvalue weighted by Gasteiger charge is 2.52. The van der Waals surface area contributed by atoms with Crippen molar-refractivity contribution in [2.75, 3.05) is 0 Å². The summed E-state index contributed by atoms with van der Waals surface area (Å²) in [7, 11) is -0.337. The van der Waals surface area contributed by atoms with E-state index < -0.39 is 0 Å². The van der Waals surface area contributed by atoms with Gasteiger partial charge in [0, 0.05) is 12.2 Å². The van der Waals surface area contributed by atoms with Crippen molar-refractivity contribution in [1.29, 1.82) is 0 Å². The van der Waals surface area contributed by atoms with Gasteiger partial charge in [0.25, 0.3) is 0 Å². The normalized spacial score (nSPS) is 26.3. The maximum absolute atomic E-state index is 6.00. The second-order valence-electron chi connectivity index (χ2n) is 6.42. The van der Waals surface area contributed by atoms with Crippen LogP contribution in [0.1, 0.15) is 53.0 Å². The smallest absolute Gasteiger partial charge is 0.398 e. The fourth-order valence-corrected chi connectivity index (χ4v) is 2.32. The second kappa shape index (κ2) is 3.84. The number of imidazole rings is 1. The molecule has 0 spiro atoms. The van der Waals surface area contributed by atoms with Crippen molar-refractivity contribution in [2.24, 2.45) is 0 Å². The Kier molecular flexibility index (Phi) is 2.61. The van der Waals surface area contributed by atoms with Crippen LogP contribution in [0.2, 0.25) is 0 Å². The van der Waals surface area contributed by atoms with Crippen LogP contribution >= 0.6 is 0 Å². The van der Waals surface area contributed by atoms with E-state index in [9.17, 15) is 0 Å². The van der Waals surface area contributed by atoms with E-state index in [2.05, 4.69) is 43.4 Å². The topological polar surface area (TPSA) is 36.3 Å². The van der Waals surface area contributed by atoms with Crippen LogP contribution in [0.25, 0.3) is 0 Å². The zero-order valence-electron chi connectivity index (χ0n) is 11.6. The van der Waals surface area contributed by atoms with Crippen LogP contribution in [-0.2, 0) is 9.31 Å². The molecule has 4 nitrogen and oxygen atoms in total. The van der Waals surface area contributed by atoms with Gasteiger partial charge in [-0.2, -0.15) is 0 Å². The molecule has 1 aromatic rings. The molecule has 98 valence electrons. The summed E-state index contributed by atoms with van der Waals surface area (Å²) in [6.07, 6.45) is 7.84. The summed E-state index contributed by atoms with van der Waals surface area (Å²) in [6.45, 7) is 8.26. The number of hydrogen-bond acceptors (Lipinski definition) is 3. The highest BCUT2D eigenvalue weighted by atomic mass is 16.7. The van der Waals surface area contributed by atoms with Crippen LogP contribution < -0.4 is 5.59 Å². The van der Waals surface area contributed by atoms with Crippen molar-refractivity contribution in [3.63, 3.8) is 0 Å². The minimum absolute atomic E-state index is 0.294. The van der Waals surface area contributed by atoms with Crippen molar-refractivity contribution in [3.05, 3.63) is 12.5 Å². The van der Waals surface area contributed by atoms with Gasteiger partial charge in [-0.15, -0.1) is 0 Å². The minimum Gasteiger partial charge on any atom is -0.398 e. The summed E-state index contributed by atoms with van der Waals surface area (Å²) in [4.78, 5) is 4.45. The van der Waals surface area contributed by atoms with Gasteiger partial charge in [-0.25, -0.2) is 4.98 Å². The first-order valence-corrected chi connectivity index (χ1v) is 6.78. The van der Waals surface area contributed by atoms with Crippen LogP contribution in [0.5, 0.6) is 0 Å². The van der Waals surface area contributed by atoms with Gasteiger partial charge in [0.05, 0.1) is 23.1 Å². The average Bonchev–Trinajstić information content (AvgIpc) is 2.68.